The minimum absolute atomic E-state index is 0.0179. The van der Waals surface area contributed by atoms with Crippen LogP contribution in [0, 0.1) is 0 Å². The Morgan fingerprint density at radius 2 is 1.90 bits per heavy atom. The molecule has 1 saturated heterocycles. The first kappa shape index (κ1) is 21.3. The Labute approximate surface area is 182 Å². The highest BCUT2D eigenvalue weighted by molar-refractivity contribution is 7.89. The molecule has 0 radical (unpaired) electrons. The van der Waals surface area contributed by atoms with Crippen LogP contribution in [0.5, 0.6) is 5.75 Å². The van der Waals surface area contributed by atoms with Crippen LogP contribution >= 0.6 is 0 Å². The van der Waals surface area contributed by atoms with E-state index in [0.29, 0.717) is 22.7 Å². The summed E-state index contributed by atoms with van der Waals surface area (Å²) in [6.45, 7) is 1.68. The second-order valence-corrected chi connectivity index (χ2v) is 9.77. The van der Waals surface area contributed by atoms with Gasteiger partial charge in [-0.25, -0.2) is 13.4 Å². The van der Waals surface area contributed by atoms with Crippen LogP contribution in [0.3, 0.4) is 0 Å². The maximum absolute atomic E-state index is 13.0. The van der Waals surface area contributed by atoms with Crippen LogP contribution in [0.15, 0.2) is 47.4 Å². The SMILES string of the molecule is COc1cccc(S(=O)(=O)N(C)Cc2nc3cc(C(=O)N4CCCC4)ccc3n2C)c1. The molecule has 2 aromatic carbocycles. The number of likely N-dealkylation sites (tertiary alicyclic amines) is 1. The topological polar surface area (TPSA) is 84.7 Å². The van der Waals surface area contributed by atoms with Crippen molar-refractivity contribution in [3.05, 3.63) is 53.9 Å². The highest BCUT2D eigenvalue weighted by Crippen LogP contribution is 2.23. The third-order valence-electron chi connectivity index (χ3n) is 5.73. The molecule has 1 aromatic heterocycles. The number of hydrogen-bond acceptors (Lipinski definition) is 5. The number of ether oxygens (including phenoxy) is 1. The van der Waals surface area contributed by atoms with Crippen molar-refractivity contribution in [1.29, 1.82) is 0 Å². The van der Waals surface area contributed by atoms with Crippen LogP contribution in [-0.2, 0) is 23.6 Å². The number of carbonyl (C=O) groups excluding carboxylic acids is 1. The fraction of sp³-hybridized carbons (Fsp3) is 0.364. The number of methoxy groups -OCH3 is 1. The molecule has 0 bridgehead atoms. The van der Waals surface area contributed by atoms with Gasteiger partial charge in [0.25, 0.3) is 5.91 Å². The van der Waals surface area contributed by atoms with E-state index in [1.54, 1.807) is 24.3 Å². The fourth-order valence-electron chi connectivity index (χ4n) is 3.85. The zero-order chi connectivity index (χ0) is 22.2. The summed E-state index contributed by atoms with van der Waals surface area (Å²) in [6, 6.07) is 11.8. The summed E-state index contributed by atoms with van der Waals surface area (Å²) in [6.07, 6.45) is 2.08. The zero-order valence-electron chi connectivity index (χ0n) is 17.9. The molecule has 0 atom stereocenters. The Morgan fingerprint density at radius 1 is 1.16 bits per heavy atom. The second kappa shape index (κ2) is 8.32. The Hall–Kier alpha value is -2.91. The third kappa shape index (κ3) is 4.03. The highest BCUT2D eigenvalue weighted by atomic mass is 32.2. The van der Waals surface area contributed by atoms with Crippen LogP contribution in [0.4, 0.5) is 0 Å². The first-order valence-electron chi connectivity index (χ1n) is 10.2. The lowest BCUT2D eigenvalue weighted by Gasteiger charge is -2.17. The van der Waals surface area contributed by atoms with Gasteiger partial charge in [0.15, 0.2) is 0 Å². The zero-order valence-corrected chi connectivity index (χ0v) is 18.7. The van der Waals surface area contributed by atoms with E-state index in [-0.39, 0.29) is 17.3 Å². The first-order chi connectivity index (χ1) is 14.8. The van der Waals surface area contributed by atoms with Gasteiger partial charge in [-0.3, -0.25) is 4.79 Å². The van der Waals surface area contributed by atoms with Gasteiger partial charge in [-0.05, 0) is 43.2 Å². The molecule has 0 N–H and O–H groups in total. The number of sulfonamides is 1. The van der Waals surface area contributed by atoms with Gasteiger partial charge in [-0.2, -0.15) is 4.31 Å². The Balaban J connectivity index is 1.60. The number of aromatic nitrogens is 2. The maximum Gasteiger partial charge on any atom is 0.253 e. The summed E-state index contributed by atoms with van der Waals surface area (Å²) in [5.74, 6) is 1.09. The summed E-state index contributed by atoms with van der Waals surface area (Å²) < 4.78 is 34.3. The normalized spacial score (nSPS) is 14.5. The fourth-order valence-corrected chi connectivity index (χ4v) is 5.01. The van der Waals surface area contributed by atoms with Gasteiger partial charge in [0.2, 0.25) is 10.0 Å². The number of aryl methyl sites for hydroxylation is 1. The molecule has 4 rings (SSSR count). The van der Waals surface area contributed by atoms with E-state index in [1.165, 1.54) is 24.5 Å². The molecule has 2 heterocycles. The number of imidazole rings is 1. The molecular formula is C22H26N4O4S. The van der Waals surface area contributed by atoms with Crippen LogP contribution in [-0.4, -0.2) is 60.3 Å². The summed E-state index contributed by atoms with van der Waals surface area (Å²) in [5.41, 5.74) is 2.13. The van der Waals surface area contributed by atoms with E-state index in [1.807, 2.05) is 28.6 Å². The van der Waals surface area contributed by atoms with E-state index in [9.17, 15) is 13.2 Å². The molecule has 0 spiro atoms. The van der Waals surface area contributed by atoms with E-state index in [0.717, 1.165) is 31.4 Å². The van der Waals surface area contributed by atoms with Crippen LogP contribution < -0.4 is 4.74 Å². The molecule has 1 aliphatic heterocycles. The molecule has 0 unspecified atom stereocenters. The van der Waals surface area contributed by atoms with E-state index < -0.39 is 10.0 Å². The molecular weight excluding hydrogens is 416 g/mol. The molecule has 31 heavy (non-hydrogen) atoms. The van der Waals surface area contributed by atoms with Crippen molar-refractivity contribution in [1.82, 2.24) is 18.8 Å². The summed E-state index contributed by atoms with van der Waals surface area (Å²) in [4.78, 5) is 19.3. The van der Waals surface area contributed by atoms with E-state index in [2.05, 4.69) is 4.98 Å². The molecule has 9 heteroatoms. The number of amides is 1. The van der Waals surface area contributed by atoms with Crippen LogP contribution in [0.25, 0.3) is 11.0 Å². The first-order valence-corrected chi connectivity index (χ1v) is 11.6. The van der Waals surface area contributed by atoms with E-state index in [4.69, 9.17) is 4.74 Å². The van der Waals surface area contributed by atoms with Crippen molar-refractivity contribution >= 4 is 27.0 Å². The molecule has 164 valence electrons. The largest absolute Gasteiger partial charge is 0.497 e. The van der Waals surface area contributed by atoms with Gasteiger partial charge in [-0.1, -0.05) is 6.07 Å². The molecule has 0 saturated carbocycles. The Kier molecular flexibility index (Phi) is 5.72. The van der Waals surface area contributed by atoms with Gasteiger partial charge in [0.05, 0.1) is 29.6 Å². The van der Waals surface area contributed by atoms with Crippen molar-refractivity contribution < 1.29 is 17.9 Å². The minimum Gasteiger partial charge on any atom is -0.497 e. The molecule has 0 aliphatic carbocycles. The smallest absolute Gasteiger partial charge is 0.253 e. The van der Waals surface area contributed by atoms with Gasteiger partial charge < -0.3 is 14.2 Å². The monoisotopic (exact) mass is 442 g/mol. The molecule has 3 aromatic rings. The van der Waals surface area contributed by atoms with Crippen molar-refractivity contribution in [2.24, 2.45) is 7.05 Å². The number of nitrogens with zero attached hydrogens (tertiary/aromatic N) is 4. The molecule has 1 fully saturated rings. The third-order valence-corrected chi connectivity index (χ3v) is 7.53. The number of carbonyl (C=O) groups is 1. The average molecular weight is 443 g/mol. The lowest BCUT2D eigenvalue weighted by Crippen LogP contribution is -2.27. The van der Waals surface area contributed by atoms with Crippen LogP contribution in [0.2, 0.25) is 0 Å². The van der Waals surface area contributed by atoms with Crippen molar-refractivity contribution in [3.8, 4) is 5.75 Å². The summed E-state index contributed by atoms with van der Waals surface area (Å²) >= 11 is 0. The second-order valence-electron chi connectivity index (χ2n) is 7.73. The highest BCUT2D eigenvalue weighted by Gasteiger charge is 2.24. The molecule has 1 aliphatic rings. The Bertz CT molecular complexity index is 1230. The standard InChI is InChI=1S/C22H26N4O4S/c1-24(31(28,29)18-8-6-7-17(14-18)30-3)15-21-23-19-13-16(9-10-20(19)25(21)2)22(27)26-11-4-5-12-26/h6-10,13-14H,4-5,11-12,15H2,1-3H3. The van der Waals surface area contributed by atoms with Crippen molar-refractivity contribution in [3.63, 3.8) is 0 Å². The van der Waals surface area contributed by atoms with Crippen molar-refractivity contribution in [2.45, 2.75) is 24.3 Å². The minimum atomic E-state index is -3.72. The predicted octanol–water partition coefficient (Wildman–Crippen LogP) is 2.64. The van der Waals surface area contributed by atoms with Gasteiger partial charge in [0, 0.05) is 38.8 Å². The van der Waals surface area contributed by atoms with Crippen LogP contribution in [0.1, 0.15) is 29.0 Å². The quantitative estimate of drug-likeness (QED) is 0.586. The lowest BCUT2D eigenvalue weighted by atomic mass is 10.2. The molecule has 1 amide bonds. The lowest BCUT2D eigenvalue weighted by molar-refractivity contribution is 0.0793. The number of fused-ring (bicyclic) bond motifs is 1. The summed E-state index contributed by atoms with van der Waals surface area (Å²) in [7, 11) is 1.15. The van der Waals surface area contributed by atoms with E-state index >= 15 is 0 Å². The van der Waals surface area contributed by atoms with Crippen molar-refractivity contribution in [2.75, 3.05) is 27.2 Å². The maximum atomic E-state index is 13.0. The van der Waals surface area contributed by atoms with Gasteiger partial charge >= 0.3 is 0 Å². The predicted molar refractivity (Wildman–Crippen MR) is 117 cm³/mol. The Morgan fingerprint density at radius 3 is 2.61 bits per heavy atom. The number of benzene rings is 2. The van der Waals surface area contributed by atoms with Gasteiger partial charge in [-0.15, -0.1) is 0 Å². The molecule has 8 nitrogen and oxygen atoms in total. The number of hydrogen-bond donors (Lipinski definition) is 0. The van der Waals surface area contributed by atoms with Gasteiger partial charge in [0.1, 0.15) is 11.6 Å². The summed E-state index contributed by atoms with van der Waals surface area (Å²) in [5, 5.41) is 0. The number of rotatable bonds is 6. The average Bonchev–Trinajstić information content (AvgIpc) is 3.42.